The number of carbonyl (C=O) groups excluding carboxylic acids is 1. The zero-order valence-electron chi connectivity index (χ0n) is 8.60. The summed E-state index contributed by atoms with van der Waals surface area (Å²) in [5, 5.41) is 0. The maximum atomic E-state index is 12.0. The summed E-state index contributed by atoms with van der Waals surface area (Å²) in [4.78, 5) is 12.0. The molecule has 1 nitrogen and oxygen atoms in total. The van der Waals surface area contributed by atoms with Crippen LogP contribution in [0.5, 0.6) is 0 Å². The fourth-order valence-electron chi connectivity index (χ4n) is 1.46. The Hall–Kier alpha value is -1.83. The number of carbonyl (C=O) groups is 1. The van der Waals surface area contributed by atoms with Gasteiger partial charge in [-0.2, -0.15) is 0 Å². The van der Waals surface area contributed by atoms with Crippen LogP contribution in [-0.2, 0) is 0 Å². The Morgan fingerprint density at radius 3 is 1.93 bits per heavy atom. The van der Waals surface area contributed by atoms with Crippen LogP contribution in [0.15, 0.2) is 54.6 Å². The van der Waals surface area contributed by atoms with Crippen molar-refractivity contribution < 1.29 is 4.79 Å². The van der Waals surface area contributed by atoms with Gasteiger partial charge in [0, 0.05) is 11.1 Å². The van der Waals surface area contributed by atoms with E-state index in [1.165, 1.54) is 5.46 Å². The van der Waals surface area contributed by atoms with E-state index in [9.17, 15) is 4.79 Å². The lowest BCUT2D eigenvalue weighted by molar-refractivity contribution is 0.103. The van der Waals surface area contributed by atoms with Gasteiger partial charge in [0.2, 0.25) is 0 Å². The second-order valence-corrected chi connectivity index (χ2v) is 3.56. The third kappa shape index (κ3) is 2.16. The zero-order chi connectivity index (χ0) is 10.7. The molecule has 0 unspecified atom stereocenters. The number of hydrogen-bond donors (Lipinski definition) is 0. The maximum absolute atomic E-state index is 12.0. The van der Waals surface area contributed by atoms with Crippen molar-refractivity contribution >= 4 is 19.1 Å². The van der Waals surface area contributed by atoms with Crippen molar-refractivity contribution in [1.82, 2.24) is 0 Å². The predicted octanol–water partition coefficient (Wildman–Crippen LogP) is 1.18. The number of hydrogen-bond acceptors (Lipinski definition) is 1. The minimum atomic E-state index is 0.0793. The highest BCUT2D eigenvalue weighted by molar-refractivity contribution is 6.32. The summed E-state index contributed by atoms with van der Waals surface area (Å²) in [5.74, 6) is 0.0793. The molecule has 0 aromatic heterocycles. The number of rotatable bonds is 2. The lowest BCUT2D eigenvalue weighted by atomic mass is 9.93. The Kier molecular flexibility index (Phi) is 2.68. The lowest BCUT2D eigenvalue weighted by Crippen LogP contribution is -2.05. The van der Waals surface area contributed by atoms with Gasteiger partial charge in [-0.3, -0.25) is 4.79 Å². The summed E-state index contributed by atoms with van der Waals surface area (Å²) < 4.78 is 0. The zero-order valence-corrected chi connectivity index (χ0v) is 8.60. The largest absolute Gasteiger partial charge is 0.289 e. The summed E-state index contributed by atoms with van der Waals surface area (Å²) in [6, 6.07) is 17.0. The highest BCUT2D eigenvalue weighted by Crippen LogP contribution is 2.07. The van der Waals surface area contributed by atoms with Crippen molar-refractivity contribution in [3.8, 4) is 0 Å². The van der Waals surface area contributed by atoms with Crippen LogP contribution in [0.4, 0.5) is 0 Å². The maximum Gasteiger partial charge on any atom is 0.193 e. The van der Waals surface area contributed by atoms with Gasteiger partial charge in [0.1, 0.15) is 7.85 Å². The molecule has 2 aromatic carbocycles. The summed E-state index contributed by atoms with van der Waals surface area (Å²) in [5.41, 5.74) is 2.65. The Bertz CT molecular complexity index is 460. The average molecular weight is 194 g/mol. The van der Waals surface area contributed by atoms with E-state index in [2.05, 4.69) is 0 Å². The number of ketones is 1. The SMILES string of the molecule is Bc1ccc(C(=O)c2ccccc2)cc1. The molecule has 0 N–H and O–H groups in total. The molecule has 0 spiro atoms. The Morgan fingerprint density at radius 1 is 0.800 bits per heavy atom. The van der Waals surface area contributed by atoms with Gasteiger partial charge in [-0.15, -0.1) is 0 Å². The van der Waals surface area contributed by atoms with Crippen LogP contribution in [0.2, 0.25) is 0 Å². The van der Waals surface area contributed by atoms with Crippen molar-refractivity contribution in [3.63, 3.8) is 0 Å². The first-order valence-electron chi connectivity index (χ1n) is 4.94. The first kappa shape index (κ1) is 9.72. The molecule has 0 aliphatic heterocycles. The summed E-state index contributed by atoms with van der Waals surface area (Å²) >= 11 is 0. The highest BCUT2D eigenvalue weighted by atomic mass is 16.1. The van der Waals surface area contributed by atoms with E-state index in [4.69, 9.17) is 0 Å². The molecule has 15 heavy (non-hydrogen) atoms. The Morgan fingerprint density at radius 2 is 1.33 bits per heavy atom. The molecule has 0 bridgehead atoms. The molecule has 0 saturated carbocycles. The van der Waals surface area contributed by atoms with Crippen LogP contribution in [0.1, 0.15) is 15.9 Å². The van der Waals surface area contributed by atoms with Gasteiger partial charge >= 0.3 is 0 Å². The van der Waals surface area contributed by atoms with Crippen molar-refractivity contribution in [2.45, 2.75) is 0 Å². The molecule has 2 aromatic rings. The molecule has 2 heteroatoms. The van der Waals surface area contributed by atoms with E-state index in [0.29, 0.717) is 0 Å². The summed E-state index contributed by atoms with van der Waals surface area (Å²) in [6.07, 6.45) is 0. The third-order valence-electron chi connectivity index (χ3n) is 2.35. The van der Waals surface area contributed by atoms with Gasteiger partial charge in [0.15, 0.2) is 5.78 Å². The number of benzene rings is 2. The molecule has 0 atom stereocenters. The second kappa shape index (κ2) is 4.14. The van der Waals surface area contributed by atoms with Crippen molar-refractivity contribution in [2.24, 2.45) is 0 Å². The van der Waals surface area contributed by atoms with Gasteiger partial charge in [0.05, 0.1) is 0 Å². The van der Waals surface area contributed by atoms with Gasteiger partial charge in [0.25, 0.3) is 0 Å². The fourth-order valence-corrected chi connectivity index (χ4v) is 1.46. The van der Waals surface area contributed by atoms with Gasteiger partial charge in [-0.1, -0.05) is 60.1 Å². The molecule has 0 saturated heterocycles. The van der Waals surface area contributed by atoms with Crippen molar-refractivity contribution in [3.05, 3.63) is 65.7 Å². The molecular formula is C13H11BO. The van der Waals surface area contributed by atoms with Gasteiger partial charge in [-0.05, 0) is 0 Å². The minimum Gasteiger partial charge on any atom is -0.289 e. The topological polar surface area (TPSA) is 17.1 Å². The normalized spacial score (nSPS) is 9.87. The lowest BCUT2D eigenvalue weighted by Gasteiger charge is -2.01. The molecule has 0 aliphatic carbocycles. The van der Waals surface area contributed by atoms with Crippen LogP contribution in [0.25, 0.3) is 0 Å². The summed E-state index contributed by atoms with van der Waals surface area (Å²) in [6.45, 7) is 0. The van der Waals surface area contributed by atoms with E-state index in [1.54, 1.807) is 0 Å². The van der Waals surface area contributed by atoms with Crippen LogP contribution >= 0.6 is 0 Å². The summed E-state index contributed by atoms with van der Waals surface area (Å²) in [7, 11) is 2.01. The molecule has 0 aliphatic rings. The molecule has 0 fully saturated rings. The highest BCUT2D eigenvalue weighted by Gasteiger charge is 2.06. The fraction of sp³-hybridized carbons (Fsp3) is 0. The van der Waals surface area contributed by atoms with E-state index >= 15 is 0 Å². The Labute approximate surface area is 90.2 Å². The standard InChI is InChI=1S/C13H11BO/c14-12-8-6-11(7-9-12)13(15)10-4-2-1-3-5-10/h1-9H,14H2. The van der Waals surface area contributed by atoms with Crippen molar-refractivity contribution in [2.75, 3.05) is 0 Å². The van der Waals surface area contributed by atoms with E-state index in [1.807, 2.05) is 62.4 Å². The van der Waals surface area contributed by atoms with E-state index in [-0.39, 0.29) is 5.78 Å². The van der Waals surface area contributed by atoms with Crippen LogP contribution in [-0.4, -0.2) is 13.6 Å². The molecule has 0 heterocycles. The second-order valence-electron chi connectivity index (χ2n) is 3.56. The van der Waals surface area contributed by atoms with Crippen LogP contribution < -0.4 is 5.46 Å². The van der Waals surface area contributed by atoms with E-state index < -0.39 is 0 Å². The molecule has 72 valence electrons. The minimum absolute atomic E-state index is 0.0793. The molecule has 0 amide bonds. The van der Waals surface area contributed by atoms with Gasteiger partial charge < -0.3 is 0 Å². The molecular weight excluding hydrogens is 183 g/mol. The third-order valence-corrected chi connectivity index (χ3v) is 2.35. The average Bonchev–Trinajstić information content (AvgIpc) is 2.30. The van der Waals surface area contributed by atoms with Gasteiger partial charge in [-0.25, -0.2) is 0 Å². The first-order valence-corrected chi connectivity index (χ1v) is 4.94. The van der Waals surface area contributed by atoms with Crippen LogP contribution in [0.3, 0.4) is 0 Å². The Balaban J connectivity index is 2.33. The first-order chi connectivity index (χ1) is 7.27. The smallest absolute Gasteiger partial charge is 0.193 e. The molecule has 0 radical (unpaired) electrons. The van der Waals surface area contributed by atoms with Crippen LogP contribution in [0, 0.1) is 0 Å². The monoisotopic (exact) mass is 194 g/mol. The molecule has 2 rings (SSSR count). The van der Waals surface area contributed by atoms with E-state index in [0.717, 1.165) is 11.1 Å². The van der Waals surface area contributed by atoms with Crippen molar-refractivity contribution in [1.29, 1.82) is 0 Å². The quantitative estimate of drug-likeness (QED) is 0.518. The predicted molar refractivity (Wildman–Crippen MR) is 64.5 cm³/mol.